The summed E-state index contributed by atoms with van der Waals surface area (Å²) >= 11 is 1.79. The van der Waals surface area contributed by atoms with Crippen LogP contribution in [-0.4, -0.2) is 11.7 Å². The van der Waals surface area contributed by atoms with Gasteiger partial charge in [0.25, 0.3) is 0 Å². The third-order valence-corrected chi connectivity index (χ3v) is 3.98. The van der Waals surface area contributed by atoms with Gasteiger partial charge in [0.1, 0.15) is 0 Å². The lowest BCUT2D eigenvalue weighted by Crippen LogP contribution is -2.07. The molecule has 0 amide bonds. The van der Waals surface area contributed by atoms with E-state index in [1.165, 1.54) is 10.4 Å². The number of rotatable bonds is 6. The van der Waals surface area contributed by atoms with E-state index in [9.17, 15) is 0 Å². The van der Waals surface area contributed by atoms with Crippen LogP contribution in [0.1, 0.15) is 29.8 Å². The molecule has 0 saturated carbocycles. The highest BCUT2D eigenvalue weighted by Crippen LogP contribution is 2.26. The maximum atomic E-state index is 8.88. The smallest absolute Gasteiger partial charge is 0.0603 e. The minimum atomic E-state index is 0.208. The molecule has 0 aliphatic rings. The minimum Gasteiger partial charge on any atom is -0.396 e. The van der Waals surface area contributed by atoms with Gasteiger partial charge in [-0.25, -0.2) is 0 Å². The van der Waals surface area contributed by atoms with Crippen molar-refractivity contribution in [2.45, 2.75) is 25.8 Å². The number of hydrogen-bond acceptors (Lipinski definition) is 3. The van der Waals surface area contributed by atoms with Gasteiger partial charge in [0.05, 0.1) is 6.04 Å². The van der Waals surface area contributed by atoms with Gasteiger partial charge < -0.3 is 10.4 Å². The Labute approximate surface area is 112 Å². The standard InChI is InChI=1S/C15H19NOS/c1-2-14(15-4-3-11-18-15)16-13-7-5-12(6-8-13)9-10-17/h3-8,11,14,16-17H,2,9-10H2,1H3. The quantitative estimate of drug-likeness (QED) is 0.828. The summed E-state index contributed by atoms with van der Waals surface area (Å²) in [6.07, 6.45) is 1.79. The highest BCUT2D eigenvalue weighted by Gasteiger charge is 2.09. The van der Waals surface area contributed by atoms with Crippen molar-refractivity contribution in [2.75, 3.05) is 11.9 Å². The fourth-order valence-electron chi connectivity index (χ4n) is 1.96. The maximum absolute atomic E-state index is 8.88. The Morgan fingerprint density at radius 2 is 2.00 bits per heavy atom. The monoisotopic (exact) mass is 261 g/mol. The zero-order valence-electron chi connectivity index (χ0n) is 10.6. The average molecular weight is 261 g/mol. The summed E-state index contributed by atoms with van der Waals surface area (Å²) in [4.78, 5) is 1.37. The second-order valence-electron chi connectivity index (χ2n) is 4.29. The van der Waals surface area contributed by atoms with Gasteiger partial charge in [0.2, 0.25) is 0 Å². The van der Waals surface area contributed by atoms with E-state index >= 15 is 0 Å². The van der Waals surface area contributed by atoms with Gasteiger partial charge in [-0.05, 0) is 42.0 Å². The van der Waals surface area contributed by atoms with Crippen LogP contribution in [0.15, 0.2) is 41.8 Å². The first-order valence-electron chi connectivity index (χ1n) is 6.33. The Hall–Kier alpha value is -1.32. The van der Waals surface area contributed by atoms with E-state index in [4.69, 9.17) is 5.11 Å². The minimum absolute atomic E-state index is 0.208. The van der Waals surface area contributed by atoms with Crippen molar-refractivity contribution in [2.24, 2.45) is 0 Å². The number of anilines is 1. The Balaban J connectivity index is 2.03. The summed E-state index contributed by atoms with van der Waals surface area (Å²) in [6.45, 7) is 2.40. The molecular formula is C15H19NOS. The lowest BCUT2D eigenvalue weighted by molar-refractivity contribution is 0.299. The van der Waals surface area contributed by atoms with Gasteiger partial charge >= 0.3 is 0 Å². The van der Waals surface area contributed by atoms with E-state index in [1.54, 1.807) is 11.3 Å². The molecule has 2 nitrogen and oxygen atoms in total. The molecule has 0 aliphatic heterocycles. The molecule has 0 radical (unpaired) electrons. The molecule has 96 valence electrons. The van der Waals surface area contributed by atoms with Crippen LogP contribution in [0.2, 0.25) is 0 Å². The van der Waals surface area contributed by atoms with Crippen LogP contribution in [0, 0.1) is 0 Å². The number of benzene rings is 1. The van der Waals surface area contributed by atoms with Crippen molar-refractivity contribution in [3.05, 3.63) is 52.2 Å². The summed E-state index contributed by atoms with van der Waals surface area (Å²) in [5, 5.41) is 14.5. The second-order valence-corrected chi connectivity index (χ2v) is 5.27. The van der Waals surface area contributed by atoms with E-state index < -0.39 is 0 Å². The van der Waals surface area contributed by atoms with Crippen molar-refractivity contribution >= 4 is 17.0 Å². The molecule has 0 fully saturated rings. The molecule has 3 heteroatoms. The molecule has 2 rings (SSSR count). The fraction of sp³-hybridized carbons (Fsp3) is 0.333. The van der Waals surface area contributed by atoms with Gasteiger partial charge in [-0.3, -0.25) is 0 Å². The number of thiophene rings is 1. The fourth-order valence-corrected chi connectivity index (χ4v) is 2.82. The summed E-state index contributed by atoms with van der Waals surface area (Å²) in [5.41, 5.74) is 2.31. The summed E-state index contributed by atoms with van der Waals surface area (Å²) in [6, 6.07) is 13.0. The SMILES string of the molecule is CCC(Nc1ccc(CCO)cc1)c1cccs1. The zero-order valence-corrected chi connectivity index (χ0v) is 11.4. The molecule has 1 aromatic carbocycles. The van der Waals surface area contributed by atoms with Crippen LogP contribution < -0.4 is 5.32 Å². The number of aliphatic hydroxyl groups is 1. The zero-order chi connectivity index (χ0) is 12.8. The lowest BCUT2D eigenvalue weighted by atomic mass is 10.1. The molecule has 0 bridgehead atoms. The van der Waals surface area contributed by atoms with Crippen LogP contribution in [-0.2, 0) is 6.42 Å². The average Bonchev–Trinajstić information content (AvgIpc) is 2.92. The molecule has 0 aliphatic carbocycles. The van der Waals surface area contributed by atoms with Crippen molar-refractivity contribution in [1.29, 1.82) is 0 Å². The third kappa shape index (κ3) is 3.34. The molecule has 18 heavy (non-hydrogen) atoms. The molecule has 2 N–H and O–H groups in total. The Bertz CT molecular complexity index is 450. The van der Waals surface area contributed by atoms with Gasteiger partial charge in [-0.15, -0.1) is 11.3 Å². The van der Waals surface area contributed by atoms with Gasteiger partial charge in [-0.2, -0.15) is 0 Å². The predicted molar refractivity (Wildman–Crippen MR) is 78.2 cm³/mol. The maximum Gasteiger partial charge on any atom is 0.0603 e. The van der Waals surface area contributed by atoms with Gasteiger partial charge in [0.15, 0.2) is 0 Å². The largest absolute Gasteiger partial charge is 0.396 e. The molecule has 1 unspecified atom stereocenters. The number of nitrogens with one attached hydrogen (secondary N) is 1. The van der Waals surface area contributed by atoms with E-state index in [0.29, 0.717) is 6.04 Å². The summed E-state index contributed by atoms with van der Waals surface area (Å²) in [5.74, 6) is 0. The number of aliphatic hydroxyl groups excluding tert-OH is 1. The first-order valence-corrected chi connectivity index (χ1v) is 7.21. The van der Waals surface area contributed by atoms with Gasteiger partial charge in [0, 0.05) is 17.2 Å². The molecule has 1 atom stereocenters. The van der Waals surface area contributed by atoms with Crippen LogP contribution in [0.4, 0.5) is 5.69 Å². The van der Waals surface area contributed by atoms with Crippen LogP contribution in [0.25, 0.3) is 0 Å². The molecule has 0 spiro atoms. The van der Waals surface area contributed by atoms with Crippen molar-refractivity contribution in [3.63, 3.8) is 0 Å². The molecule has 1 aromatic heterocycles. The normalized spacial score (nSPS) is 12.3. The van der Waals surface area contributed by atoms with E-state index in [2.05, 4.69) is 54.0 Å². The van der Waals surface area contributed by atoms with E-state index in [1.807, 2.05) is 0 Å². The van der Waals surface area contributed by atoms with Crippen LogP contribution in [0.3, 0.4) is 0 Å². The number of hydrogen-bond donors (Lipinski definition) is 2. The van der Waals surface area contributed by atoms with Crippen LogP contribution >= 0.6 is 11.3 Å². The third-order valence-electron chi connectivity index (χ3n) is 2.99. The van der Waals surface area contributed by atoms with E-state index in [-0.39, 0.29) is 6.61 Å². The predicted octanol–water partition coefficient (Wildman–Crippen LogP) is 3.85. The van der Waals surface area contributed by atoms with Crippen molar-refractivity contribution in [3.8, 4) is 0 Å². The lowest BCUT2D eigenvalue weighted by Gasteiger charge is -2.17. The van der Waals surface area contributed by atoms with Crippen LogP contribution in [0.5, 0.6) is 0 Å². The molecule has 0 saturated heterocycles. The topological polar surface area (TPSA) is 32.3 Å². The van der Waals surface area contributed by atoms with Crippen molar-refractivity contribution in [1.82, 2.24) is 0 Å². The second kappa shape index (κ2) is 6.57. The summed E-state index contributed by atoms with van der Waals surface area (Å²) < 4.78 is 0. The summed E-state index contributed by atoms with van der Waals surface area (Å²) in [7, 11) is 0. The molecular weight excluding hydrogens is 242 g/mol. The van der Waals surface area contributed by atoms with E-state index in [0.717, 1.165) is 18.5 Å². The Morgan fingerprint density at radius 1 is 1.22 bits per heavy atom. The first-order chi connectivity index (χ1) is 8.83. The highest BCUT2D eigenvalue weighted by atomic mass is 32.1. The van der Waals surface area contributed by atoms with Gasteiger partial charge in [-0.1, -0.05) is 25.1 Å². The first kappa shape index (κ1) is 13.1. The highest BCUT2D eigenvalue weighted by molar-refractivity contribution is 7.10. The molecule has 1 heterocycles. The van der Waals surface area contributed by atoms with Crippen molar-refractivity contribution < 1.29 is 5.11 Å². The molecule has 2 aromatic rings. The Kier molecular flexibility index (Phi) is 4.79. The Morgan fingerprint density at radius 3 is 2.56 bits per heavy atom.